The molecule has 1 N–H and O–H groups in total. The monoisotopic (exact) mass is 474 g/mol. The average Bonchev–Trinajstić information content (AvgIpc) is 3.14. The van der Waals surface area contributed by atoms with Crippen LogP contribution in [0.5, 0.6) is 0 Å². The molecule has 1 unspecified atom stereocenters. The second kappa shape index (κ2) is 9.46. The van der Waals surface area contributed by atoms with Crippen molar-refractivity contribution < 1.29 is 29.0 Å². The third-order valence-corrected chi connectivity index (χ3v) is 7.87. The highest BCUT2D eigenvalue weighted by molar-refractivity contribution is 5.99. The number of carbonyl (C=O) groups is 3. The SMILES string of the molecule is CCCCN1CC=C[C@]23O[C@]4(C)/C=C\CCCOC(=O)[C@@H]4[C@H]2C(=O)N([C@@H](CO)C(C)C)C3C1=O. The summed E-state index contributed by atoms with van der Waals surface area (Å²) in [5.41, 5.74) is -2.39. The summed E-state index contributed by atoms with van der Waals surface area (Å²) >= 11 is 0. The molecule has 0 radical (unpaired) electrons. The third kappa shape index (κ3) is 3.79. The van der Waals surface area contributed by atoms with Crippen LogP contribution in [0.3, 0.4) is 0 Å². The molecule has 2 amide bonds. The van der Waals surface area contributed by atoms with Crippen molar-refractivity contribution in [1.29, 1.82) is 0 Å². The van der Waals surface area contributed by atoms with Gasteiger partial charge in [0.05, 0.1) is 30.8 Å². The van der Waals surface area contributed by atoms with Gasteiger partial charge in [-0.15, -0.1) is 0 Å². The van der Waals surface area contributed by atoms with Gasteiger partial charge in [0.2, 0.25) is 11.8 Å². The van der Waals surface area contributed by atoms with E-state index in [9.17, 15) is 19.5 Å². The minimum Gasteiger partial charge on any atom is -0.465 e. The van der Waals surface area contributed by atoms with Crippen molar-refractivity contribution in [1.82, 2.24) is 9.80 Å². The molecular weight excluding hydrogens is 436 g/mol. The summed E-state index contributed by atoms with van der Waals surface area (Å²) in [7, 11) is 0. The average molecular weight is 475 g/mol. The number of rotatable bonds is 6. The molecule has 0 bridgehead atoms. The second-order valence-electron chi connectivity index (χ2n) is 10.5. The van der Waals surface area contributed by atoms with Crippen LogP contribution in [0.2, 0.25) is 0 Å². The number of amides is 2. The van der Waals surface area contributed by atoms with Crippen LogP contribution in [0.4, 0.5) is 0 Å². The van der Waals surface area contributed by atoms with E-state index in [1.165, 1.54) is 4.90 Å². The quantitative estimate of drug-likeness (QED) is 0.468. The molecule has 0 aromatic rings. The van der Waals surface area contributed by atoms with Crippen LogP contribution in [0.25, 0.3) is 0 Å². The van der Waals surface area contributed by atoms with Crippen molar-refractivity contribution in [3.05, 3.63) is 24.3 Å². The normalized spacial score (nSPS) is 37.4. The molecule has 0 aromatic carbocycles. The van der Waals surface area contributed by atoms with Gasteiger partial charge < -0.3 is 24.4 Å². The van der Waals surface area contributed by atoms with Crippen molar-refractivity contribution in [2.75, 3.05) is 26.3 Å². The summed E-state index contributed by atoms with van der Waals surface area (Å²) in [6, 6.07) is -1.52. The highest BCUT2D eigenvalue weighted by Gasteiger charge is 2.75. The second-order valence-corrected chi connectivity index (χ2v) is 10.5. The molecule has 4 aliphatic rings. The number of hydrogen-bond acceptors (Lipinski definition) is 6. The van der Waals surface area contributed by atoms with E-state index in [-0.39, 0.29) is 30.9 Å². The Hall–Kier alpha value is -2.19. The maximum absolute atomic E-state index is 14.2. The summed E-state index contributed by atoms with van der Waals surface area (Å²) in [4.78, 5) is 44.8. The Morgan fingerprint density at radius 3 is 2.59 bits per heavy atom. The first-order valence-electron chi connectivity index (χ1n) is 12.7. The first kappa shape index (κ1) is 24.9. The molecule has 0 aliphatic carbocycles. The van der Waals surface area contributed by atoms with Gasteiger partial charge in [-0.2, -0.15) is 0 Å². The Kier molecular flexibility index (Phi) is 6.93. The Labute approximate surface area is 201 Å². The lowest BCUT2D eigenvalue weighted by atomic mass is 9.74. The molecule has 8 nitrogen and oxygen atoms in total. The number of fused-ring (bicyclic) bond motifs is 2. The summed E-state index contributed by atoms with van der Waals surface area (Å²) in [5, 5.41) is 10.3. The number of unbranched alkanes of at least 4 members (excludes halogenated alkanes) is 1. The van der Waals surface area contributed by atoms with Crippen LogP contribution in [-0.2, 0) is 23.9 Å². The van der Waals surface area contributed by atoms with Crippen molar-refractivity contribution in [2.24, 2.45) is 17.8 Å². The maximum Gasteiger partial charge on any atom is 0.313 e. The van der Waals surface area contributed by atoms with E-state index in [0.717, 1.165) is 19.3 Å². The summed E-state index contributed by atoms with van der Waals surface area (Å²) in [6.45, 7) is 8.72. The number of likely N-dealkylation sites (tertiary alicyclic amines) is 1. The summed E-state index contributed by atoms with van der Waals surface area (Å²) < 4.78 is 12.3. The van der Waals surface area contributed by atoms with E-state index in [0.29, 0.717) is 19.5 Å². The number of hydrogen-bond donors (Lipinski definition) is 1. The lowest BCUT2D eigenvalue weighted by Gasteiger charge is -2.41. The van der Waals surface area contributed by atoms with Crippen LogP contribution >= 0.6 is 0 Å². The molecule has 6 atom stereocenters. The smallest absolute Gasteiger partial charge is 0.313 e. The molecule has 1 spiro atoms. The molecule has 2 saturated heterocycles. The molecular formula is C26H38N2O6. The number of aliphatic hydroxyl groups is 1. The van der Waals surface area contributed by atoms with Gasteiger partial charge in [-0.25, -0.2) is 0 Å². The zero-order valence-corrected chi connectivity index (χ0v) is 20.7. The standard InChI is InChI=1S/C26H38N2O6/c1-5-6-13-27-14-10-12-26-19(20-24(32)33-15-9-7-8-11-25(20,4)34-26)22(30)28(21(26)23(27)31)18(16-29)17(2)3/h8,10-12,17-21,29H,5-7,9,13-16H2,1-4H3/b11-8-/t18-,19-,20-,21?,25+,26-/m0/s1. The molecule has 8 heteroatoms. The number of aliphatic hydroxyl groups excluding tert-OH is 1. The molecule has 188 valence electrons. The van der Waals surface area contributed by atoms with E-state index >= 15 is 0 Å². The number of cyclic esters (lactones) is 1. The highest BCUT2D eigenvalue weighted by atomic mass is 16.6. The van der Waals surface area contributed by atoms with E-state index in [1.54, 1.807) is 4.90 Å². The van der Waals surface area contributed by atoms with Crippen LogP contribution < -0.4 is 0 Å². The van der Waals surface area contributed by atoms with Gasteiger partial charge in [0, 0.05) is 13.1 Å². The predicted octanol–water partition coefficient (Wildman–Crippen LogP) is 2.07. The Morgan fingerprint density at radius 1 is 1.15 bits per heavy atom. The molecule has 34 heavy (non-hydrogen) atoms. The van der Waals surface area contributed by atoms with E-state index in [2.05, 4.69) is 6.92 Å². The topological polar surface area (TPSA) is 96.4 Å². The van der Waals surface area contributed by atoms with Gasteiger partial charge in [0.15, 0.2) is 0 Å². The molecule has 2 fully saturated rings. The van der Waals surface area contributed by atoms with E-state index < -0.39 is 41.1 Å². The minimum atomic E-state index is -1.31. The van der Waals surface area contributed by atoms with Crippen LogP contribution in [0.1, 0.15) is 53.4 Å². The fraction of sp³-hybridized carbons (Fsp3) is 0.731. The molecule has 4 heterocycles. The maximum atomic E-state index is 14.2. The number of esters is 1. The van der Waals surface area contributed by atoms with Crippen LogP contribution in [0.15, 0.2) is 24.3 Å². The van der Waals surface area contributed by atoms with Crippen molar-refractivity contribution in [3.8, 4) is 0 Å². The third-order valence-electron chi connectivity index (χ3n) is 7.87. The molecule has 4 rings (SSSR count). The number of nitrogens with zero attached hydrogens (tertiary/aromatic N) is 2. The lowest BCUT2D eigenvalue weighted by Crippen LogP contribution is -2.59. The molecule has 4 aliphatic heterocycles. The largest absolute Gasteiger partial charge is 0.465 e. The Balaban J connectivity index is 1.88. The van der Waals surface area contributed by atoms with E-state index in [1.807, 2.05) is 45.1 Å². The zero-order chi connectivity index (χ0) is 24.7. The van der Waals surface area contributed by atoms with Gasteiger partial charge in [0.25, 0.3) is 0 Å². The van der Waals surface area contributed by atoms with Crippen LogP contribution in [0, 0.1) is 17.8 Å². The van der Waals surface area contributed by atoms with Crippen molar-refractivity contribution in [3.63, 3.8) is 0 Å². The fourth-order valence-electron chi connectivity index (χ4n) is 6.15. The zero-order valence-electron chi connectivity index (χ0n) is 20.7. The van der Waals surface area contributed by atoms with Crippen molar-refractivity contribution in [2.45, 2.75) is 76.7 Å². The first-order chi connectivity index (χ1) is 16.2. The van der Waals surface area contributed by atoms with Gasteiger partial charge >= 0.3 is 5.97 Å². The molecule has 0 saturated carbocycles. The Bertz CT molecular complexity index is 885. The van der Waals surface area contributed by atoms with Gasteiger partial charge in [0.1, 0.15) is 17.6 Å². The van der Waals surface area contributed by atoms with Gasteiger partial charge in [-0.3, -0.25) is 14.4 Å². The summed E-state index contributed by atoms with van der Waals surface area (Å²) in [5.74, 6) is -2.87. The first-order valence-corrected chi connectivity index (χ1v) is 12.7. The number of allylic oxidation sites excluding steroid dienone is 1. The summed E-state index contributed by atoms with van der Waals surface area (Å²) in [6.07, 6.45) is 10.8. The van der Waals surface area contributed by atoms with Gasteiger partial charge in [-0.1, -0.05) is 51.5 Å². The predicted molar refractivity (Wildman–Crippen MR) is 126 cm³/mol. The molecule has 0 aromatic heterocycles. The van der Waals surface area contributed by atoms with Crippen LogP contribution in [-0.4, -0.2) is 82.3 Å². The Morgan fingerprint density at radius 2 is 1.91 bits per heavy atom. The van der Waals surface area contributed by atoms with E-state index in [4.69, 9.17) is 9.47 Å². The number of ether oxygens (including phenoxy) is 2. The van der Waals surface area contributed by atoms with Crippen molar-refractivity contribution >= 4 is 17.8 Å². The highest BCUT2D eigenvalue weighted by Crippen LogP contribution is 2.57. The van der Waals surface area contributed by atoms with Gasteiger partial charge in [-0.05, 0) is 32.1 Å². The lowest BCUT2D eigenvalue weighted by molar-refractivity contribution is -0.162. The fourth-order valence-corrected chi connectivity index (χ4v) is 6.15. The number of carbonyl (C=O) groups excluding carboxylic acids is 3. The minimum absolute atomic E-state index is 0.0901.